The highest BCUT2D eigenvalue weighted by Crippen LogP contribution is 2.29. The number of aliphatic hydroxyl groups excluding tert-OH is 1. The summed E-state index contributed by atoms with van der Waals surface area (Å²) in [7, 11) is 0. The first-order valence-corrected chi connectivity index (χ1v) is 7.19. The van der Waals surface area contributed by atoms with E-state index < -0.39 is 17.1 Å². The molecule has 0 unspecified atom stereocenters. The van der Waals surface area contributed by atoms with E-state index in [9.17, 15) is 15.2 Å². The average molecular weight is 351 g/mol. The second-order valence-corrected chi connectivity index (χ2v) is 5.61. The lowest BCUT2D eigenvalue weighted by Gasteiger charge is -2.19. The maximum atomic E-state index is 10.9. The number of rotatable bonds is 5. The van der Waals surface area contributed by atoms with Gasteiger partial charge in [-0.3, -0.25) is 10.1 Å². The fraction of sp³-hybridized carbons (Fsp3) is 0.200. The summed E-state index contributed by atoms with van der Waals surface area (Å²) in [5.41, 5.74) is 7.46. The number of nitrogens with two attached hydrogens (primary N) is 1. The lowest BCUT2D eigenvalue weighted by Crippen LogP contribution is -2.28. The van der Waals surface area contributed by atoms with Crippen molar-refractivity contribution >= 4 is 21.6 Å². The third-order valence-corrected chi connectivity index (χ3v) is 3.92. The summed E-state index contributed by atoms with van der Waals surface area (Å²) in [4.78, 5) is 10.4. The van der Waals surface area contributed by atoms with Crippen LogP contribution in [0.3, 0.4) is 0 Å². The Kier molecular flexibility index (Phi) is 5.06. The van der Waals surface area contributed by atoms with Crippen LogP contribution >= 0.6 is 15.9 Å². The Morgan fingerprint density at radius 1 is 1.24 bits per heavy atom. The maximum absolute atomic E-state index is 10.9. The van der Waals surface area contributed by atoms with Gasteiger partial charge in [0, 0.05) is 12.5 Å². The molecule has 0 aliphatic rings. The monoisotopic (exact) mass is 350 g/mol. The normalized spacial score (nSPS) is 13.7. The van der Waals surface area contributed by atoms with Gasteiger partial charge in [0.2, 0.25) is 0 Å². The Bertz CT molecular complexity index is 634. The number of hydrogen-bond donors (Lipinski definition) is 2. The molecule has 0 radical (unpaired) electrons. The van der Waals surface area contributed by atoms with Crippen molar-refractivity contribution in [1.29, 1.82) is 0 Å². The summed E-state index contributed by atoms with van der Waals surface area (Å²) in [5, 5.41) is 21.1. The molecule has 0 aliphatic heterocycles. The molecule has 0 amide bonds. The molecule has 0 aliphatic carbocycles. The highest BCUT2D eigenvalue weighted by Gasteiger charge is 2.21. The van der Waals surface area contributed by atoms with Crippen LogP contribution in [0.2, 0.25) is 0 Å². The van der Waals surface area contributed by atoms with Gasteiger partial charge in [-0.05, 0) is 33.1 Å². The molecule has 110 valence electrons. The van der Waals surface area contributed by atoms with E-state index in [2.05, 4.69) is 15.9 Å². The van der Waals surface area contributed by atoms with E-state index in [1.807, 2.05) is 30.3 Å². The van der Waals surface area contributed by atoms with Crippen LogP contribution in [0.15, 0.2) is 53.0 Å². The van der Waals surface area contributed by atoms with Crippen molar-refractivity contribution in [2.75, 3.05) is 0 Å². The SMILES string of the molecule is N[C@@H](c1ccc(Br)c([N+](=O)[O-])c1)[C@H](O)Cc1ccccc1. The van der Waals surface area contributed by atoms with Crippen molar-refractivity contribution in [2.45, 2.75) is 18.6 Å². The number of halogens is 1. The molecule has 0 bridgehead atoms. The van der Waals surface area contributed by atoms with E-state index in [1.54, 1.807) is 12.1 Å². The molecule has 2 atom stereocenters. The molecule has 0 heterocycles. The summed E-state index contributed by atoms with van der Waals surface area (Å²) in [6.07, 6.45) is -0.417. The minimum Gasteiger partial charge on any atom is -0.391 e. The first-order valence-electron chi connectivity index (χ1n) is 6.40. The maximum Gasteiger partial charge on any atom is 0.283 e. The highest BCUT2D eigenvalue weighted by atomic mass is 79.9. The zero-order valence-corrected chi connectivity index (χ0v) is 12.7. The fourth-order valence-corrected chi connectivity index (χ4v) is 2.47. The standard InChI is InChI=1S/C15H15BrN2O3/c16-12-7-6-11(9-13(12)18(20)21)15(17)14(19)8-10-4-2-1-3-5-10/h1-7,9,14-15,19H,8,17H2/t14-,15+/m1/s1. The van der Waals surface area contributed by atoms with Crippen molar-refractivity contribution in [1.82, 2.24) is 0 Å². The Hall–Kier alpha value is -1.76. The van der Waals surface area contributed by atoms with Gasteiger partial charge in [0.1, 0.15) is 0 Å². The van der Waals surface area contributed by atoms with Gasteiger partial charge in [0.15, 0.2) is 0 Å². The highest BCUT2D eigenvalue weighted by molar-refractivity contribution is 9.10. The number of nitro benzene ring substituents is 1. The Morgan fingerprint density at radius 3 is 2.52 bits per heavy atom. The zero-order chi connectivity index (χ0) is 15.4. The van der Waals surface area contributed by atoms with E-state index in [0.29, 0.717) is 16.5 Å². The largest absolute Gasteiger partial charge is 0.391 e. The third kappa shape index (κ3) is 3.87. The van der Waals surface area contributed by atoms with Gasteiger partial charge in [0.25, 0.3) is 5.69 Å². The Balaban J connectivity index is 2.17. The molecule has 0 saturated carbocycles. The van der Waals surface area contributed by atoms with Gasteiger partial charge in [-0.2, -0.15) is 0 Å². The molecule has 21 heavy (non-hydrogen) atoms. The van der Waals surface area contributed by atoms with Gasteiger partial charge < -0.3 is 10.8 Å². The molecule has 5 nitrogen and oxygen atoms in total. The second-order valence-electron chi connectivity index (χ2n) is 4.75. The van der Waals surface area contributed by atoms with Gasteiger partial charge in [-0.15, -0.1) is 0 Å². The van der Waals surface area contributed by atoms with Crippen LogP contribution in [0, 0.1) is 10.1 Å². The summed E-state index contributed by atoms with van der Waals surface area (Å²) in [6.45, 7) is 0. The molecule has 2 aromatic rings. The lowest BCUT2D eigenvalue weighted by molar-refractivity contribution is -0.385. The Labute approximate surface area is 130 Å². The Morgan fingerprint density at radius 2 is 1.90 bits per heavy atom. The molecule has 3 N–H and O–H groups in total. The van der Waals surface area contributed by atoms with E-state index in [1.165, 1.54) is 6.07 Å². The van der Waals surface area contributed by atoms with Crippen LogP contribution in [0.5, 0.6) is 0 Å². The van der Waals surface area contributed by atoms with Crippen LogP contribution in [-0.2, 0) is 6.42 Å². The lowest BCUT2D eigenvalue weighted by atomic mass is 9.96. The number of nitro groups is 1. The summed E-state index contributed by atoms with van der Waals surface area (Å²) < 4.78 is 0.390. The molecular formula is C15H15BrN2O3. The van der Waals surface area contributed by atoms with Crippen LogP contribution in [0.25, 0.3) is 0 Å². The van der Waals surface area contributed by atoms with E-state index in [4.69, 9.17) is 5.73 Å². The zero-order valence-electron chi connectivity index (χ0n) is 11.1. The van der Waals surface area contributed by atoms with E-state index in [0.717, 1.165) is 5.56 Å². The van der Waals surface area contributed by atoms with Gasteiger partial charge in [-0.1, -0.05) is 36.4 Å². The molecule has 0 saturated heterocycles. The topological polar surface area (TPSA) is 89.4 Å². The van der Waals surface area contributed by atoms with Crippen molar-refractivity contribution in [3.8, 4) is 0 Å². The van der Waals surface area contributed by atoms with Crippen LogP contribution in [0.1, 0.15) is 17.2 Å². The first-order chi connectivity index (χ1) is 9.99. The summed E-state index contributed by atoms with van der Waals surface area (Å²) in [5.74, 6) is 0. The smallest absolute Gasteiger partial charge is 0.283 e. The quantitative estimate of drug-likeness (QED) is 0.640. The van der Waals surface area contributed by atoms with Crippen molar-refractivity contribution in [3.63, 3.8) is 0 Å². The molecule has 2 aromatic carbocycles. The predicted octanol–water partition coefficient (Wildman–Crippen LogP) is 2.96. The summed E-state index contributed by atoms with van der Waals surface area (Å²) in [6, 6.07) is 13.4. The molecule has 6 heteroatoms. The molecule has 0 aromatic heterocycles. The summed E-state index contributed by atoms with van der Waals surface area (Å²) >= 11 is 3.13. The first kappa shape index (κ1) is 15.6. The third-order valence-electron chi connectivity index (χ3n) is 3.25. The molecular weight excluding hydrogens is 336 g/mol. The van der Waals surface area contributed by atoms with Gasteiger partial charge >= 0.3 is 0 Å². The van der Waals surface area contributed by atoms with Crippen LogP contribution < -0.4 is 5.73 Å². The average Bonchev–Trinajstić information content (AvgIpc) is 2.47. The second kappa shape index (κ2) is 6.80. The van der Waals surface area contributed by atoms with Crippen LogP contribution in [0.4, 0.5) is 5.69 Å². The molecule has 2 rings (SSSR count). The minimum absolute atomic E-state index is 0.0603. The van der Waals surface area contributed by atoms with E-state index >= 15 is 0 Å². The van der Waals surface area contributed by atoms with Gasteiger partial charge in [0.05, 0.1) is 21.5 Å². The van der Waals surface area contributed by atoms with Crippen molar-refractivity contribution < 1.29 is 10.0 Å². The predicted molar refractivity (Wildman–Crippen MR) is 83.9 cm³/mol. The molecule has 0 fully saturated rings. The number of benzene rings is 2. The number of hydrogen-bond acceptors (Lipinski definition) is 4. The minimum atomic E-state index is -0.812. The van der Waals surface area contributed by atoms with Crippen molar-refractivity contribution in [3.05, 3.63) is 74.2 Å². The number of aliphatic hydroxyl groups is 1. The fourth-order valence-electron chi connectivity index (χ4n) is 2.08. The van der Waals surface area contributed by atoms with Gasteiger partial charge in [-0.25, -0.2) is 0 Å². The van der Waals surface area contributed by atoms with Crippen molar-refractivity contribution in [2.24, 2.45) is 5.73 Å². The van der Waals surface area contributed by atoms with E-state index in [-0.39, 0.29) is 5.69 Å². The van der Waals surface area contributed by atoms with Crippen LogP contribution in [-0.4, -0.2) is 16.1 Å². The number of nitrogens with zero attached hydrogens (tertiary/aromatic N) is 1. The molecule has 0 spiro atoms.